The van der Waals surface area contributed by atoms with Crippen molar-refractivity contribution in [2.45, 2.75) is 24.3 Å². The quantitative estimate of drug-likeness (QED) is 0.514. The summed E-state index contributed by atoms with van der Waals surface area (Å²) in [4.78, 5) is 31.0. The Morgan fingerprint density at radius 1 is 1.12 bits per heavy atom. The van der Waals surface area contributed by atoms with Crippen LogP contribution in [0.25, 0.3) is 0 Å². The molecule has 5 nitrogen and oxygen atoms in total. The Kier molecular flexibility index (Phi) is 5.53. The number of aromatic carboxylic acids is 1. The first-order valence-electron chi connectivity index (χ1n) is 8.12. The molecule has 6 heteroatoms. The first-order valence-corrected chi connectivity index (χ1v) is 9.11. The Balaban J connectivity index is 1.78. The Morgan fingerprint density at radius 2 is 1.81 bits per heavy atom. The number of aromatic nitrogens is 2. The van der Waals surface area contributed by atoms with E-state index in [1.807, 2.05) is 37.3 Å². The number of hydrogen-bond acceptors (Lipinski definition) is 4. The van der Waals surface area contributed by atoms with Gasteiger partial charge in [-0.3, -0.25) is 4.79 Å². The van der Waals surface area contributed by atoms with Gasteiger partial charge in [-0.1, -0.05) is 60.3 Å². The molecule has 0 spiro atoms. The fourth-order valence-corrected chi connectivity index (χ4v) is 3.57. The summed E-state index contributed by atoms with van der Waals surface area (Å²) in [6, 6.07) is 16.6. The van der Waals surface area contributed by atoms with Crippen LogP contribution in [0.3, 0.4) is 0 Å². The molecular weight excluding hydrogens is 348 g/mol. The molecule has 26 heavy (non-hydrogen) atoms. The summed E-state index contributed by atoms with van der Waals surface area (Å²) in [5, 5.41) is 9.74. The molecule has 0 fully saturated rings. The Labute approximate surface area is 155 Å². The van der Waals surface area contributed by atoms with Gasteiger partial charge in [0.2, 0.25) is 0 Å². The van der Waals surface area contributed by atoms with E-state index in [2.05, 4.69) is 9.97 Å². The Morgan fingerprint density at radius 3 is 2.50 bits per heavy atom. The monoisotopic (exact) mass is 366 g/mol. The lowest BCUT2D eigenvalue weighted by Gasteiger charge is -2.08. The fourth-order valence-electron chi connectivity index (χ4n) is 2.66. The molecule has 0 saturated heterocycles. The molecule has 1 aromatic heterocycles. The van der Waals surface area contributed by atoms with Gasteiger partial charge in [0.1, 0.15) is 0 Å². The third kappa shape index (κ3) is 4.21. The van der Waals surface area contributed by atoms with Crippen LogP contribution in [0.5, 0.6) is 0 Å². The van der Waals surface area contributed by atoms with E-state index in [-0.39, 0.29) is 11.1 Å². The second kappa shape index (κ2) is 8.01. The van der Waals surface area contributed by atoms with E-state index in [0.29, 0.717) is 34.2 Å². The summed E-state index contributed by atoms with van der Waals surface area (Å²) in [6.07, 6.45) is 0.530. The molecule has 0 atom stereocenters. The van der Waals surface area contributed by atoms with E-state index in [9.17, 15) is 14.7 Å². The molecule has 2 N–H and O–H groups in total. The van der Waals surface area contributed by atoms with Crippen molar-refractivity contribution in [3.05, 3.63) is 92.9 Å². The molecule has 0 unspecified atom stereocenters. The molecule has 0 aliphatic carbocycles. The maximum atomic E-state index is 12.4. The topological polar surface area (TPSA) is 83.0 Å². The summed E-state index contributed by atoms with van der Waals surface area (Å²) < 4.78 is 0. The van der Waals surface area contributed by atoms with Crippen LogP contribution in [0.15, 0.2) is 64.5 Å². The lowest BCUT2D eigenvalue weighted by molar-refractivity contribution is 0.0696. The summed E-state index contributed by atoms with van der Waals surface area (Å²) in [5.74, 6) is -0.542. The number of H-pyrrole nitrogens is 1. The summed E-state index contributed by atoms with van der Waals surface area (Å²) >= 11 is 1.32. The Bertz CT molecular complexity index is 984. The van der Waals surface area contributed by atoms with Crippen LogP contribution in [-0.4, -0.2) is 21.0 Å². The third-order valence-corrected chi connectivity index (χ3v) is 4.96. The van der Waals surface area contributed by atoms with Crippen LogP contribution in [0.4, 0.5) is 0 Å². The zero-order chi connectivity index (χ0) is 18.5. The van der Waals surface area contributed by atoms with Crippen molar-refractivity contribution in [1.82, 2.24) is 9.97 Å². The van der Waals surface area contributed by atoms with E-state index in [0.717, 1.165) is 5.56 Å². The van der Waals surface area contributed by atoms with Crippen LogP contribution in [0.1, 0.15) is 32.7 Å². The second-order valence-electron chi connectivity index (χ2n) is 5.85. The average molecular weight is 366 g/mol. The summed E-state index contributed by atoms with van der Waals surface area (Å²) in [6.45, 7) is 1.82. The number of carboxylic acids is 1. The van der Waals surface area contributed by atoms with Crippen LogP contribution in [-0.2, 0) is 12.2 Å². The maximum absolute atomic E-state index is 12.4. The second-order valence-corrected chi connectivity index (χ2v) is 6.81. The smallest absolute Gasteiger partial charge is 0.335 e. The van der Waals surface area contributed by atoms with Gasteiger partial charge in [-0.2, -0.15) is 0 Å². The van der Waals surface area contributed by atoms with Gasteiger partial charge in [0, 0.05) is 23.4 Å². The minimum atomic E-state index is -0.961. The van der Waals surface area contributed by atoms with Crippen LogP contribution in [0, 0.1) is 6.92 Å². The van der Waals surface area contributed by atoms with Gasteiger partial charge in [0.15, 0.2) is 5.16 Å². The maximum Gasteiger partial charge on any atom is 0.335 e. The first kappa shape index (κ1) is 17.9. The van der Waals surface area contributed by atoms with E-state index in [1.165, 1.54) is 11.8 Å². The lowest BCUT2D eigenvalue weighted by Crippen LogP contribution is -2.17. The number of aromatic amines is 1. The fraction of sp³-hybridized carbons (Fsp3) is 0.150. The molecule has 0 aliphatic heterocycles. The van der Waals surface area contributed by atoms with Gasteiger partial charge < -0.3 is 10.1 Å². The highest BCUT2D eigenvalue weighted by Crippen LogP contribution is 2.22. The lowest BCUT2D eigenvalue weighted by atomic mass is 10.1. The van der Waals surface area contributed by atoms with E-state index < -0.39 is 5.97 Å². The highest BCUT2D eigenvalue weighted by molar-refractivity contribution is 7.98. The standard InChI is InChI=1S/C20H18N2O3S/c1-13-17(11-14-7-3-2-4-8-14)18(23)22-20(21-13)26-12-15-9-5-6-10-16(15)19(24)25/h2-10H,11-12H2,1H3,(H,24,25)(H,21,22,23). The van der Waals surface area contributed by atoms with Crippen molar-refractivity contribution in [2.75, 3.05) is 0 Å². The highest BCUT2D eigenvalue weighted by Gasteiger charge is 2.12. The molecule has 3 aromatic rings. The molecular formula is C20H18N2O3S. The number of rotatable bonds is 6. The van der Waals surface area contributed by atoms with Crippen LogP contribution in [0.2, 0.25) is 0 Å². The number of benzene rings is 2. The van der Waals surface area contributed by atoms with Gasteiger partial charge in [-0.25, -0.2) is 9.78 Å². The van der Waals surface area contributed by atoms with E-state index >= 15 is 0 Å². The SMILES string of the molecule is Cc1nc(SCc2ccccc2C(=O)O)[nH]c(=O)c1Cc1ccccc1. The molecule has 0 aliphatic rings. The number of aryl methyl sites for hydroxylation is 1. The van der Waals surface area contributed by atoms with E-state index in [4.69, 9.17) is 0 Å². The minimum Gasteiger partial charge on any atom is -0.478 e. The van der Waals surface area contributed by atoms with E-state index in [1.54, 1.807) is 24.3 Å². The van der Waals surface area contributed by atoms with Crippen molar-refractivity contribution in [1.29, 1.82) is 0 Å². The number of nitrogens with one attached hydrogen (secondary N) is 1. The van der Waals surface area contributed by atoms with Crippen molar-refractivity contribution in [3.8, 4) is 0 Å². The summed E-state index contributed by atoms with van der Waals surface area (Å²) in [5.41, 5.74) is 3.19. The van der Waals surface area contributed by atoms with Crippen molar-refractivity contribution in [3.63, 3.8) is 0 Å². The molecule has 3 rings (SSSR count). The molecule has 0 amide bonds. The number of thioether (sulfide) groups is 1. The molecule has 0 radical (unpaired) electrons. The highest BCUT2D eigenvalue weighted by atomic mass is 32.2. The number of nitrogens with zero attached hydrogens (tertiary/aromatic N) is 1. The zero-order valence-electron chi connectivity index (χ0n) is 14.2. The van der Waals surface area contributed by atoms with Crippen LogP contribution >= 0.6 is 11.8 Å². The first-order chi connectivity index (χ1) is 12.5. The zero-order valence-corrected chi connectivity index (χ0v) is 15.0. The minimum absolute atomic E-state index is 0.157. The largest absolute Gasteiger partial charge is 0.478 e. The number of hydrogen-bond donors (Lipinski definition) is 2. The predicted octanol–water partition coefficient (Wildman–Crippen LogP) is 3.66. The van der Waals surface area contributed by atoms with Gasteiger partial charge in [-0.15, -0.1) is 0 Å². The molecule has 2 aromatic carbocycles. The normalized spacial score (nSPS) is 10.7. The van der Waals surface area contributed by atoms with Gasteiger partial charge in [0.25, 0.3) is 5.56 Å². The van der Waals surface area contributed by atoms with Crippen LogP contribution < -0.4 is 5.56 Å². The van der Waals surface area contributed by atoms with Gasteiger partial charge in [-0.05, 0) is 24.1 Å². The van der Waals surface area contributed by atoms with Gasteiger partial charge >= 0.3 is 5.97 Å². The Hall–Kier alpha value is -2.86. The summed E-state index contributed by atoms with van der Waals surface area (Å²) in [7, 11) is 0. The molecule has 0 saturated carbocycles. The van der Waals surface area contributed by atoms with Gasteiger partial charge in [0.05, 0.1) is 5.56 Å². The average Bonchev–Trinajstić information content (AvgIpc) is 2.64. The molecule has 0 bridgehead atoms. The third-order valence-electron chi connectivity index (χ3n) is 4.04. The molecule has 1 heterocycles. The predicted molar refractivity (Wildman–Crippen MR) is 102 cm³/mol. The number of carboxylic acid groups (broad SMARTS) is 1. The van der Waals surface area contributed by atoms with Crippen molar-refractivity contribution in [2.24, 2.45) is 0 Å². The van der Waals surface area contributed by atoms with Crippen molar-refractivity contribution < 1.29 is 9.90 Å². The van der Waals surface area contributed by atoms with Crippen molar-refractivity contribution >= 4 is 17.7 Å². The number of carbonyl (C=O) groups is 1. The molecule has 132 valence electrons.